The average Bonchev–Trinajstić information content (AvgIpc) is 3.19. The molecule has 6 nitrogen and oxygen atoms in total. The van der Waals surface area contributed by atoms with E-state index in [9.17, 15) is 9.59 Å². The largest absolute Gasteiger partial charge is 0.483 e. The van der Waals surface area contributed by atoms with Crippen molar-refractivity contribution in [2.75, 3.05) is 26.2 Å². The molecule has 1 saturated heterocycles. The number of ether oxygens (including phenoxy) is 1. The van der Waals surface area contributed by atoms with Gasteiger partial charge in [-0.05, 0) is 50.7 Å². The number of benzene rings is 1. The molecule has 1 spiro atoms. The van der Waals surface area contributed by atoms with Crippen molar-refractivity contribution in [3.05, 3.63) is 45.9 Å². The molecular formula is C23H29N3O3S. The standard InChI is InChI=1S/C23H29N3O3S/c1-17-21(30-16-25-17)22(28)26-12-6-11-23(15-26)10-5-4-8-18-7-2-3-9-19(18)29-13-20(27)24-14-23/h2-3,7,9,16H,4-6,8,10-15H2,1H3,(H,24,27)/t23-/m0/s1. The molecule has 2 aromatic rings. The van der Waals surface area contributed by atoms with E-state index in [1.807, 2.05) is 30.0 Å². The topological polar surface area (TPSA) is 71.5 Å². The van der Waals surface area contributed by atoms with E-state index >= 15 is 0 Å². The van der Waals surface area contributed by atoms with Gasteiger partial charge in [0, 0.05) is 25.0 Å². The quantitative estimate of drug-likeness (QED) is 0.755. The summed E-state index contributed by atoms with van der Waals surface area (Å²) < 4.78 is 5.79. The SMILES string of the molecule is Cc1ncsc1C(=O)N1CCC[C@]2(CCCCc3ccccc3OCC(=O)NC2)C1. The number of carbonyl (C=O) groups excluding carboxylic acids is 2. The summed E-state index contributed by atoms with van der Waals surface area (Å²) in [7, 11) is 0. The van der Waals surface area contributed by atoms with Gasteiger partial charge < -0.3 is 15.0 Å². The van der Waals surface area contributed by atoms with E-state index in [4.69, 9.17) is 4.74 Å². The second kappa shape index (κ2) is 9.16. The number of carbonyl (C=O) groups is 2. The summed E-state index contributed by atoms with van der Waals surface area (Å²) in [5, 5.41) is 3.09. The van der Waals surface area contributed by atoms with Crippen LogP contribution in [0.25, 0.3) is 0 Å². The van der Waals surface area contributed by atoms with Crippen LogP contribution in [-0.4, -0.2) is 47.9 Å². The van der Waals surface area contributed by atoms with Crippen LogP contribution < -0.4 is 10.1 Å². The van der Waals surface area contributed by atoms with Gasteiger partial charge in [-0.15, -0.1) is 11.3 Å². The first-order valence-electron chi connectivity index (χ1n) is 10.7. The molecule has 30 heavy (non-hydrogen) atoms. The second-order valence-electron chi connectivity index (χ2n) is 8.48. The van der Waals surface area contributed by atoms with Gasteiger partial charge in [-0.3, -0.25) is 9.59 Å². The smallest absolute Gasteiger partial charge is 0.265 e. The van der Waals surface area contributed by atoms with Crippen LogP contribution in [0.1, 0.15) is 53.0 Å². The van der Waals surface area contributed by atoms with Crippen LogP contribution in [0.15, 0.2) is 29.8 Å². The van der Waals surface area contributed by atoms with Gasteiger partial charge >= 0.3 is 0 Å². The molecule has 2 aliphatic heterocycles. The molecule has 2 aliphatic rings. The molecule has 1 aromatic heterocycles. The van der Waals surface area contributed by atoms with Gasteiger partial charge in [-0.2, -0.15) is 0 Å². The maximum Gasteiger partial charge on any atom is 0.265 e. The zero-order valence-corrected chi connectivity index (χ0v) is 18.3. The Kier molecular flexibility index (Phi) is 6.37. The number of rotatable bonds is 1. The Balaban J connectivity index is 1.49. The van der Waals surface area contributed by atoms with E-state index < -0.39 is 0 Å². The van der Waals surface area contributed by atoms with Crippen molar-refractivity contribution in [2.45, 2.75) is 45.4 Å². The Morgan fingerprint density at radius 3 is 2.90 bits per heavy atom. The number of aryl methyl sites for hydroxylation is 2. The van der Waals surface area contributed by atoms with Crippen molar-refractivity contribution >= 4 is 23.2 Å². The summed E-state index contributed by atoms with van der Waals surface area (Å²) in [5.74, 6) is 0.771. The molecule has 0 bridgehead atoms. The third kappa shape index (κ3) is 4.67. The van der Waals surface area contributed by atoms with Gasteiger partial charge in [0.2, 0.25) is 0 Å². The zero-order chi connectivity index (χ0) is 21.0. The lowest BCUT2D eigenvalue weighted by Crippen LogP contribution is -2.51. The summed E-state index contributed by atoms with van der Waals surface area (Å²) in [6.45, 7) is 3.94. The molecule has 0 saturated carbocycles. The van der Waals surface area contributed by atoms with E-state index in [1.54, 1.807) is 5.51 Å². The molecule has 160 valence electrons. The maximum absolute atomic E-state index is 13.1. The number of nitrogens with zero attached hydrogens (tertiary/aromatic N) is 2. The molecule has 1 atom stereocenters. The monoisotopic (exact) mass is 427 g/mol. The highest BCUT2D eigenvalue weighted by Gasteiger charge is 2.38. The number of aromatic nitrogens is 1. The highest BCUT2D eigenvalue weighted by molar-refractivity contribution is 7.11. The van der Waals surface area contributed by atoms with E-state index in [0.717, 1.165) is 67.0 Å². The third-order valence-electron chi connectivity index (χ3n) is 6.28. The van der Waals surface area contributed by atoms with Crippen LogP contribution in [-0.2, 0) is 11.2 Å². The number of thiazole rings is 1. The minimum Gasteiger partial charge on any atom is -0.483 e. The first-order chi connectivity index (χ1) is 14.6. The summed E-state index contributed by atoms with van der Waals surface area (Å²) >= 11 is 1.41. The van der Waals surface area contributed by atoms with Crippen LogP contribution >= 0.6 is 11.3 Å². The third-order valence-corrected chi connectivity index (χ3v) is 7.20. The average molecular weight is 428 g/mol. The number of likely N-dealkylation sites (tertiary alicyclic amines) is 1. The molecule has 3 heterocycles. The fourth-order valence-electron chi connectivity index (χ4n) is 4.62. The molecular weight excluding hydrogens is 398 g/mol. The van der Waals surface area contributed by atoms with E-state index in [-0.39, 0.29) is 23.8 Å². The highest BCUT2D eigenvalue weighted by Crippen LogP contribution is 2.36. The van der Waals surface area contributed by atoms with Crippen LogP contribution in [0.3, 0.4) is 0 Å². The number of fused-ring (bicyclic) bond motifs is 1. The van der Waals surface area contributed by atoms with Crippen molar-refractivity contribution in [1.29, 1.82) is 0 Å². The van der Waals surface area contributed by atoms with Crippen LogP contribution in [0, 0.1) is 12.3 Å². The summed E-state index contributed by atoms with van der Waals surface area (Å²) in [6.07, 6.45) is 6.05. The Hall–Kier alpha value is -2.41. The molecule has 4 rings (SSSR count). The van der Waals surface area contributed by atoms with Crippen LogP contribution in [0.4, 0.5) is 0 Å². The highest BCUT2D eigenvalue weighted by atomic mass is 32.1. The summed E-state index contributed by atoms with van der Waals surface area (Å²) in [6, 6.07) is 7.97. The van der Waals surface area contributed by atoms with Crippen LogP contribution in [0.2, 0.25) is 0 Å². The lowest BCUT2D eigenvalue weighted by Gasteiger charge is -2.43. The fraction of sp³-hybridized carbons (Fsp3) is 0.522. The number of amides is 2. The Labute approximate surface area is 181 Å². The molecule has 0 unspecified atom stereocenters. The lowest BCUT2D eigenvalue weighted by atomic mass is 9.75. The van der Waals surface area contributed by atoms with Gasteiger partial charge in [0.1, 0.15) is 10.6 Å². The van der Waals surface area contributed by atoms with E-state index in [2.05, 4.69) is 16.4 Å². The summed E-state index contributed by atoms with van der Waals surface area (Å²) in [4.78, 5) is 32.5. The summed E-state index contributed by atoms with van der Waals surface area (Å²) in [5.41, 5.74) is 3.60. The molecule has 0 radical (unpaired) electrons. The van der Waals surface area contributed by atoms with Crippen LogP contribution in [0.5, 0.6) is 5.75 Å². The van der Waals surface area contributed by atoms with Crippen molar-refractivity contribution in [3.8, 4) is 5.75 Å². The normalized spacial score (nSPS) is 23.0. The van der Waals surface area contributed by atoms with E-state index in [1.165, 1.54) is 11.3 Å². The van der Waals surface area contributed by atoms with E-state index in [0.29, 0.717) is 13.1 Å². The van der Waals surface area contributed by atoms with Gasteiger partial charge in [0.05, 0.1) is 11.2 Å². The number of nitrogens with one attached hydrogen (secondary N) is 1. The van der Waals surface area contributed by atoms with Crippen molar-refractivity contribution in [1.82, 2.24) is 15.2 Å². The molecule has 0 aliphatic carbocycles. The van der Waals surface area contributed by atoms with Gasteiger partial charge in [0.15, 0.2) is 6.61 Å². The first-order valence-corrected chi connectivity index (χ1v) is 11.6. The first kappa shape index (κ1) is 20.8. The Bertz CT molecular complexity index is 913. The van der Waals surface area contributed by atoms with Gasteiger partial charge in [-0.25, -0.2) is 4.98 Å². The zero-order valence-electron chi connectivity index (χ0n) is 17.5. The maximum atomic E-state index is 13.1. The number of hydrogen-bond donors (Lipinski definition) is 1. The Morgan fingerprint density at radius 2 is 2.07 bits per heavy atom. The molecule has 1 N–H and O–H groups in total. The molecule has 1 aromatic carbocycles. The second-order valence-corrected chi connectivity index (χ2v) is 9.33. The Morgan fingerprint density at radius 1 is 1.23 bits per heavy atom. The molecule has 7 heteroatoms. The van der Waals surface area contributed by atoms with Crippen molar-refractivity contribution in [2.24, 2.45) is 5.41 Å². The van der Waals surface area contributed by atoms with Gasteiger partial charge in [-0.1, -0.05) is 24.6 Å². The minimum atomic E-state index is -0.105. The van der Waals surface area contributed by atoms with Crippen molar-refractivity contribution in [3.63, 3.8) is 0 Å². The van der Waals surface area contributed by atoms with Gasteiger partial charge in [0.25, 0.3) is 11.8 Å². The molecule has 2 amide bonds. The molecule has 1 fully saturated rings. The minimum absolute atomic E-state index is 0.0236. The number of hydrogen-bond acceptors (Lipinski definition) is 5. The fourth-order valence-corrected chi connectivity index (χ4v) is 5.39. The lowest BCUT2D eigenvalue weighted by molar-refractivity contribution is -0.123. The predicted octanol–water partition coefficient (Wildman–Crippen LogP) is 3.60. The van der Waals surface area contributed by atoms with Crippen molar-refractivity contribution < 1.29 is 14.3 Å². The number of para-hydroxylation sites is 1. The number of piperidine rings is 1. The predicted molar refractivity (Wildman–Crippen MR) is 117 cm³/mol.